The van der Waals surface area contributed by atoms with Crippen molar-refractivity contribution < 1.29 is 14.2 Å². The molecule has 1 rings (SSSR count). The smallest absolute Gasteiger partial charge is 0.183 e. The highest BCUT2D eigenvalue weighted by molar-refractivity contribution is 6.31. The van der Waals surface area contributed by atoms with E-state index in [1.54, 1.807) is 13.8 Å². The highest BCUT2D eigenvalue weighted by atomic mass is 35.5. The lowest BCUT2D eigenvalue weighted by atomic mass is 9.98. The molecule has 0 atom stereocenters. The SMILES string of the molecule is COc1cc(C(C)(C)O)cc(Cl)c1F. The first-order chi connectivity index (χ1) is 6.36. The van der Waals surface area contributed by atoms with Crippen LogP contribution >= 0.6 is 11.6 Å². The van der Waals surface area contributed by atoms with Gasteiger partial charge in [-0.1, -0.05) is 11.6 Å². The van der Waals surface area contributed by atoms with Gasteiger partial charge in [0.15, 0.2) is 11.6 Å². The molecule has 0 saturated heterocycles. The summed E-state index contributed by atoms with van der Waals surface area (Å²) in [5.74, 6) is -0.572. The minimum atomic E-state index is -1.06. The molecule has 0 spiro atoms. The van der Waals surface area contributed by atoms with Crippen LogP contribution in [-0.4, -0.2) is 12.2 Å². The molecule has 0 radical (unpaired) electrons. The molecule has 0 fully saturated rings. The van der Waals surface area contributed by atoms with Crippen molar-refractivity contribution in [3.05, 3.63) is 28.5 Å². The quantitative estimate of drug-likeness (QED) is 0.827. The Hall–Kier alpha value is -0.800. The zero-order valence-corrected chi connectivity index (χ0v) is 9.02. The van der Waals surface area contributed by atoms with E-state index in [9.17, 15) is 9.50 Å². The number of benzene rings is 1. The third-order valence-corrected chi connectivity index (χ3v) is 2.20. The Morgan fingerprint density at radius 1 is 1.43 bits per heavy atom. The standard InChI is InChI=1S/C10H12ClFO2/c1-10(2,13)6-4-7(11)9(12)8(5-6)14-3/h4-5,13H,1-3H3. The zero-order chi connectivity index (χ0) is 10.9. The highest BCUT2D eigenvalue weighted by Crippen LogP contribution is 2.31. The first-order valence-electron chi connectivity index (χ1n) is 4.12. The average molecular weight is 219 g/mol. The second-order valence-corrected chi connectivity index (χ2v) is 3.94. The molecule has 0 aliphatic rings. The fraction of sp³-hybridized carbons (Fsp3) is 0.400. The Bertz CT molecular complexity index is 345. The number of ether oxygens (including phenoxy) is 1. The third-order valence-electron chi connectivity index (χ3n) is 1.92. The summed E-state index contributed by atoms with van der Waals surface area (Å²) in [6.45, 7) is 3.19. The lowest BCUT2D eigenvalue weighted by Crippen LogP contribution is -2.15. The topological polar surface area (TPSA) is 29.5 Å². The minimum absolute atomic E-state index is 0.0367. The molecule has 0 aliphatic heterocycles. The minimum Gasteiger partial charge on any atom is -0.494 e. The lowest BCUT2D eigenvalue weighted by Gasteiger charge is -2.19. The van der Waals surface area contributed by atoms with Crippen molar-refractivity contribution in [1.29, 1.82) is 0 Å². The summed E-state index contributed by atoms with van der Waals surface area (Å²) in [6.07, 6.45) is 0. The molecule has 0 saturated carbocycles. The van der Waals surface area contributed by atoms with E-state index in [-0.39, 0.29) is 10.8 Å². The van der Waals surface area contributed by atoms with Crippen LogP contribution in [-0.2, 0) is 5.60 Å². The van der Waals surface area contributed by atoms with Crippen LogP contribution in [0.2, 0.25) is 5.02 Å². The van der Waals surface area contributed by atoms with Crippen LogP contribution < -0.4 is 4.74 Å². The van der Waals surface area contributed by atoms with Gasteiger partial charge in [-0.15, -0.1) is 0 Å². The number of rotatable bonds is 2. The molecule has 0 unspecified atom stereocenters. The van der Waals surface area contributed by atoms with Gasteiger partial charge in [-0.05, 0) is 31.5 Å². The van der Waals surface area contributed by atoms with Crippen molar-refractivity contribution in [3.63, 3.8) is 0 Å². The molecule has 0 aliphatic carbocycles. The average Bonchev–Trinajstić information content (AvgIpc) is 2.07. The second-order valence-electron chi connectivity index (χ2n) is 3.53. The summed E-state index contributed by atoms with van der Waals surface area (Å²) in [7, 11) is 1.35. The zero-order valence-electron chi connectivity index (χ0n) is 8.27. The molecular weight excluding hydrogens is 207 g/mol. The first-order valence-corrected chi connectivity index (χ1v) is 4.50. The van der Waals surface area contributed by atoms with Crippen LogP contribution in [0, 0.1) is 5.82 Å². The number of aliphatic hydroxyl groups is 1. The van der Waals surface area contributed by atoms with Gasteiger partial charge in [0.2, 0.25) is 0 Å². The van der Waals surface area contributed by atoms with Crippen molar-refractivity contribution in [1.82, 2.24) is 0 Å². The van der Waals surface area contributed by atoms with E-state index in [4.69, 9.17) is 16.3 Å². The number of hydrogen-bond acceptors (Lipinski definition) is 2. The Balaban J connectivity index is 3.30. The number of hydrogen-bond donors (Lipinski definition) is 1. The summed E-state index contributed by atoms with van der Waals surface area (Å²) < 4.78 is 18.0. The molecule has 14 heavy (non-hydrogen) atoms. The first kappa shape index (κ1) is 11.3. The van der Waals surface area contributed by atoms with E-state index in [2.05, 4.69) is 0 Å². The van der Waals surface area contributed by atoms with Gasteiger partial charge in [-0.3, -0.25) is 0 Å². The molecule has 0 heterocycles. The summed E-state index contributed by atoms with van der Waals surface area (Å²) in [6, 6.07) is 2.82. The van der Waals surface area contributed by atoms with Crippen molar-refractivity contribution in [2.75, 3.05) is 7.11 Å². The van der Waals surface area contributed by atoms with Gasteiger partial charge < -0.3 is 9.84 Å². The molecule has 1 aromatic carbocycles. The molecule has 0 amide bonds. The maximum Gasteiger partial charge on any atom is 0.183 e. The molecule has 0 bridgehead atoms. The molecular formula is C10H12ClFO2. The normalized spacial score (nSPS) is 11.6. The van der Waals surface area contributed by atoms with E-state index in [1.807, 2.05) is 0 Å². The van der Waals surface area contributed by atoms with Crippen LogP contribution in [0.25, 0.3) is 0 Å². The van der Waals surface area contributed by atoms with Gasteiger partial charge in [0.05, 0.1) is 17.7 Å². The summed E-state index contributed by atoms with van der Waals surface area (Å²) >= 11 is 5.64. The fourth-order valence-corrected chi connectivity index (χ4v) is 1.28. The van der Waals surface area contributed by atoms with Crippen molar-refractivity contribution in [2.45, 2.75) is 19.4 Å². The highest BCUT2D eigenvalue weighted by Gasteiger charge is 2.20. The molecule has 4 heteroatoms. The Morgan fingerprint density at radius 3 is 2.43 bits per heavy atom. The van der Waals surface area contributed by atoms with E-state index in [0.717, 1.165) is 0 Å². The predicted molar refractivity (Wildman–Crippen MR) is 53.2 cm³/mol. The number of halogens is 2. The fourth-order valence-electron chi connectivity index (χ4n) is 1.07. The summed E-state index contributed by atoms with van der Waals surface area (Å²) in [5.41, 5.74) is -0.550. The van der Waals surface area contributed by atoms with Crippen LogP contribution in [0.1, 0.15) is 19.4 Å². The van der Waals surface area contributed by atoms with E-state index in [0.29, 0.717) is 5.56 Å². The van der Waals surface area contributed by atoms with Gasteiger partial charge in [0, 0.05) is 0 Å². The van der Waals surface area contributed by atoms with E-state index >= 15 is 0 Å². The van der Waals surface area contributed by atoms with Crippen LogP contribution in [0.4, 0.5) is 4.39 Å². The third kappa shape index (κ3) is 2.16. The van der Waals surface area contributed by atoms with Crippen LogP contribution in [0.5, 0.6) is 5.75 Å². The molecule has 0 aromatic heterocycles. The molecule has 78 valence electrons. The van der Waals surface area contributed by atoms with Gasteiger partial charge in [-0.2, -0.15) is 0 Å². The van der Waals surface area contributed by atoms with Crippen molar-refractivity contribution >= 4 is 11.6 Å². The van der Waals surface area contributed by atoms with E-state index in [1.165, 1.54) is 19.2 Å². The second kappa shape index (κ2) is 3.75. The molecule has 2 nitrogen and oxygen atoms in total. The summed E-state index contributed by atoms with van der Waals surface area (Å²) in [4.78, 5) is 0. The maximum atomic E-state index is 13.2. The van der Waals surface area contributed by atoms with Crippen LogP contribution in [0.3, 0.4) is 0 Å². The maximum absolute atomic E-state index is 13.2. The monoisotopic (exact) mass is 218 g/mol. The molecule has 1 aromatic rings. The van der Waals surface area contributed by atoms with Crippen LogP contribution in [0.15, 0.2) is 12.1 Å². The van der Waals surface area contributed by atoms with Gasteiger partial charge in [0.1, 0.15) is 0 Å². The van der Waals surface area contributed by atoms with Gasteiger partial charge in [-0.25, -0.2) is 4.39 Å². The Kier molecular flexibility index (Phi) is 3.02. The van der Waals surface area contributed by atoms with Crippen molar-refractivity contribution in [3.8, 4) is 5.75 Å². The predicted octanol–water partition coefficient (Wildman–Crippen LogP) is 2.72. The van der Waals surface area contributed by atoms with Crippen molar-refractivity contribution in [2.24, 2.45) is 0 Å². The number of methoxy groups -OCH3 is 1. The summed E-state index contributed by atoms with van der Waals surface area (Å²) in [5, 5.41) is 9.63. The largest absolute Gasteiger partial charge is 0.494 e. The van der Waals surface area contributed by atoms with Gasteiger partial charge in [0.25, 0.3) is 0 Å². The Labute approximate surface area is 87.3 Å². The lowest BCUT2D eigenvalue weighted by molar-refractivity contribution is 0.0782. The Morgan fingerprint density at radius 2 is 2.00 bits per heavy atom. The van der Waals surface area contributed by atoms with Gasteiger partial charge >= 0.3 is 0 Å². The molecule has 1 N–H and O–H groups in total. The van der Waals surface area contributed by atoms with E-state index < -0.39 is 11.4 Å².